The lowest BCUT2D eigenvalue weighted by atomic mass is 10.1. The van der Waals surface area contributed by atoms with Gasteiger partial charge < -0.3 is 14.0 Å². The zero-order chi connectivity index (χ0) is 16.9. The van der Waals surface area contributed by atoms with Crippen LogP contribution in [0.3, 0.4) is 0 Å². The van der Waals surface area contributed by atoms with Gasteiger partial charge in [0.15, 0.2) is 5.82 Å². The first-order valence-electron chi connectivity index (χ1n) is 8.43. The molecule has 0 bridgehead atoms. The van der Waals surface area contributed by atoms with Crippen LogP contribution in [0.4, 0.5) is 0 Å². The highest BCUT2D eigenvalue weighted by atomic mass is 16.5. The molecule has 0 N–H and O–H groups in total. The summed E-state index contributed by atoms with van der Waals surface area (Å²) in [5.74, 6) is 2.62. The van der Waals surface area contributed by atoms with E-state index in [9.17, 15) is 0 Å². The van der Waals surface area contributed by atoms with E-state index in [0.29, 0.717) is 12.4 Å². The minimum absolute atomic E-state index is 0.165. The molecule has 6 heteroatoms. The molecule has 2 heterocycles. The molecule has 1 aliphatic rings. The molecule has 24 heavy (non-hydrogen) atoms. The standard InChI is InChI=1S/C18H25N3O3/c1-13(2)18-19-17(24-20-18)12-21-7-8-23-16(11-21)10-14-5-4-6-15(9-14)22-3/h4-6,9,13,16H,7-8,10-12H2,1-3H3. The van der Waals surface area contributed by atoms with Crippen LogP contribution < -0.4 is 4.74 Å². The Labute approximate surface area is 142 Å². The molecule has 1 aromatic heterocycles. The van der Waals surface area contributed by atoms with Crippen molar-refractivity contribution in [3.63, 3.8) is 0 Å². The second-order valence-corrected chi connectivity index (χ2v) is 6.48. The fourth-order valence-corrected chi connectivity index (χ4v) is 2.87. The van der Waals surface area contributed by atoms with Crippen molar-refractivity contribution in [3.05, 3.63) is 41.5 Å². The number of morpholine rings is 1. The summed E-state index contributed by atoms with van der Waals surface area (Å²) in [6, 6.07) is 8.15. The minimum atomic E-state index is 0.165. The van der Waals surface area contributed by atoms with Crippen LogP contribution in [0.25, 0.3) is 0 Å². The Hall–Kier alpha value is -1.92. The van der Waals surface area contributed by atoms with E-state index >= 15 is 0 Å². The van der Waals surface area contributed by atoms with Gasteiger partial charge in [-0.15, -0.1) is 0 Å². The van der Waals surface area contributed by atoms with Crippen molar-refractivity contribution >= 4 is 0 Å². The average Bonchev–Trinajstić information content (AvgIpc) is 3.04. The van der Waals surface area contributed by atoms with Crippen LogP contribution in [-0.2, 0) is 17.7 Å². The molecule has 0 saturated carbocycles. The Morgan fingerprint density at radius 3 is 3.00 bits per heavy atom. The summed E-state index contributed by atoms with van der Waals surface area (Å²) in [5, 5.41) is 4.03. The second kappa shape index (κ2) is 7.77. The smallest absolute Gasteiger partial charge is 0.240 e. The van der Waals surface area contributed by atoms with E-state index in [0.717, 1.165) is 37.7 Å². The summed E-state index contributed by atoms with van der Waals surface area (Å²) in [7, 11) is 1.69. The highest BCUT2D eigenvalue weighted by molar-refractivity contribution is 5.28. The Bertz CT molecular complexity index is 656. The van der Waals surface area contributed by atoms with E-state index in [1.54, 1.807) is 7.11 Å². The highest BCUT2D eigenvalue weighted by Gasteiger charge is 2.23. The van der Waals surface area contributed by atoms with Crippen LogP contribution in [0.15, 0.2) is 28.8 Å². The van der Waals surface area contributed by atoms with Gasteiger partial charge in [0.05, 0.1) is 26.4 Å². The van der Waals surface area contributed by atoms with Crippen LogP contribution in [-0.4, -0.2) is 48.0 Å². The number of rotatable bonds is 6. The Morgan fingerprint density at radius 2 is 2.25 bits per heavy atom. The van der Waals surface area contributed by atoms with Crippen molar-refractivity contribution in [2.24, 2.45) is 0 Å². The number of ether oxygens (including phenoxy) is 2. The summed E-state index contributed by atoms with van der Waals surface area (Å²) < 4.78 is 16.6. The fourth-order valence-electron chi connectivity index (χ4n) is 2.87. The topological polar surface area (TPSA) is 60.6 Å². The first-order chi connectivity index (χ1) is 11.6. The summed E-state index contributed by atoms with van der Waals surface area (Å²) in [4.78, 5) is 6.77. The van der Waals surface area contributed by atoms with E-state index < -0.39 is 0 Å². The van der Waals surface area contributed by atoms with Crippen LogP contribution in [0.2, 0.25) is 0 Å². The van der Waals surface area contributed by atoms with Crippen LogP contribution in [0.1, 0.15) is 37.0 Å². The molecule has 1 aromatic carbocycles. The predicted molar refractivity (Wildman–Crippen MR) is 90.1 cm³/mol. The van der Waals surface area contributed by atoms with E-state index in [2.05, 4.69) is 41.0 Å². The SMILES string of the molecule is COc1cccc(CC2CN(Cc3nc(C(C)C)no3)CCO2)c1. The number of benzene rings is 1. The van der Waals surface area contributed by atoms with Gasteiger partial charge in [0.1, 0.15) is 5.75 Å². The predicted octanol–water partition coefficient (Wildman–Crippen LogP) is 2.65. The lowest BCUT2D eigenvalue weighted by Crippen LogP contribution is -2.42. The van der Waals surface area contributed by atoms with Gasteiger partial charge in [-0.05, 0) is 17.7 Å². The number of nitrogens with zero attached hydrogens (tertiary/aromatic N) is 3. The van der Waals surface area contributed by atoms with E-state index in [-0.39, 0.29) is 12.0 Å². The molecule has 0 aliphatic carbocycles. The van der Waals surface area contributed by atoms with Crippen LogP contribution in [0, 0.1) is 0 Å². The average molecular weight is 331 g/mol. The lowest BCUT2D eigenvalue weighted by molar-refractivity contribution is -0.0331. The molecular formula is C18H25N3O3. The third kappa shape index (κ3) is 4.33. The van der Waals surface area contributed by atoms with Crippen molar-refractivity contribution in [1.29, 1.82) is 0 Å². The Kier molecular flexibility index (Phi) is 5.48. The zero-order valence-electron chi connectivity index (χ0n) is 14.6. The van der Waals surface area contributed by atoms with Gasteiger partial charge in [0.2, 0.25) is 5.89 Å². The summed E-state index contributed by atoms with van der Waals surface area (Å²) in [6.45, 7) is 7.27. The first-order valence-corrected chi connectivity index (χ1v) is 8.43. The van der Waals surface area contributed by atoms with Crippen LogP contribution >= 0.6 is 0 Å². The molecule has 1 fully saturated rings. The van der Waals surface area contributed by atoms with Crippen molar-refractivity contribution in [2.75, 3.05) is 26.8 Å². The molecule has 0 spiro atoms. The Morgan fingerprint density at radius 1 is 1.38 bits per heavy atom. The molecule has 3 rings (SSSR count). The maximum Gasteiger partial charge on any atom is 0.240 e. The van der Waals surface area contributed by atoms with Gasteiger partial charge >= 0.3 is 0 Å². The summed E-state index contributed by atoms with van der Waals surface area (Å²) >= 11 is 0. The number of hydrogen-bond acceptors (Lipinski definition) is 6. The minimum Gasteiger partial charge on any atom is -0.497 e. The quantitative estimate of drug-likeness (QED) is 0.811. The number of hydrogen-bond donors (Lipinski definition) is 0. The molecule has 6 nitrogen and oxygen atoms in total. The Balaban J connectivity index is 1.57. The maximum absolute atomic E-state index is 5.92. The lowest BCUT2D eigenvalue weighted by Gasteiger charge is -2.32. The van der Waals surface area contributed by atoms with Crippen LogP contribution in [0.5, 0.6) is 5.75 Å². The number of aromatic nitrogens is 2. The highest BCUT2D eigenvalue weighted by Crippen LogP contribution is 2.18. The second-order valence-electron chi connectivity index (χ2n) is 6.48. The van der Waals surface area contributed by atoms with Gasteiger partial charge in [-0.2, -0.15) is 4.98 Å². The van der Waals surface area contributed by atoms with Crippen molar-refractivity contribution < 1.29 is 14.0 Å². The fraction of sp³-hybridized carbons (Fsp3) is 0.556. The third-order valence-electron chi connectivity index (χ3n) is 4.18. The van der Waals surface area contributed by atoms with Gasteiger partial charge in [-0.1, -0.05) is 31.1 Å². The summed E-state index contributed by atoms with van der Waals surface area (Å²) in [5.41, 5.74) is 1.22. The number of methoxy groups -OCH3 is 1. The monoisotopic (exact) mass is 331 g/mol. The van der Waals surface area contributed by atoms with Crippen molar-refractivity contribution in [1.82, 2.24) is 15.0 Å². The van der Waals surface area contributed by atoms with E-state index in [1.807, 2.05) is 12.1 Å². The van der Waals surface area contributed by atoms with Gasteiger partial charge in [-0.25, -0.2) is 0 Å². The molecule has 1 aliphatic heterocycles. The molecule has 0 amide bonds. The molecule has 0 radical (unpaired) electrons. The zero-order valence-corrected chi connectivity index (χ0v) is 14.6. The largest absolute Gasteiger partial charge is 0.497 e. The van der Waals surface area contributed by atoms with Crippen molar-refractivity contribution in [2.45, 2.75) is 38.8 Å². The van der Waals surface area contributed by atoms with E-state index in [4.69, 9.17) is 14.0 Å². The van der Waals surface area contributed by atoms with Gasteiger partial charge in [0.25, 0.3) is 0 Å². The summed E-state index contributed by atoms with van der Waals surface area (Å²) in [6.07, 6.45) is 1.03. The van der Waals surface area contributed by atoms with Crippen molar-refractivity contribution in [3.8, 4) is 5.75 Å². The van der Waals surface area contributed by atoms with E-state index in [1.165, 1.54) is 5.56 Å². The van der Waals surface area contributed by atoms with Gasteiger partial charge in [-0.3, -0.25) is 4.90 Å². The first kappa shape index (κ1) is 16.9. The molecule has 1 atom stereocenters. The van der Waals surface area contributed by atoms with Gasteiger partial charge in [0, 0.05) is 25.4 Å². The molecule has 2 aromatic rings. The molecule has 1 saturated heterocycles. The third-order valence-corrected chi connectivity index (χ3v) is 4.18. The normalized spacial score (nSPS) is 18.9. The molecule has 1 unspecified atom stereocenters. The molecular weight excluding hydrogens is 306 g/mol. The maximum atomic E-state index is 5.92. The molecule has 130 valence electrons.